The first-order chi connectivity index (χ1) is 8.57. The molecule has 0 saturated carbocycles. The fraction of sp³-hybridized carbons (Fsp3) is 0.250. The smallest absolute Gasteiger partial charge is 0.217 e. The zero-order valence-electron chi connectivity index (χ0n) is 10.2. The van der Waals surface area contributed by atoms with Gasteiger partial charge in [0.15, 0.2) is 5.13 Å². The molecule has 4 nitrogen and oxygen atoms in total. The number of thiazole rings is 1. The van der Waals surface area contributed by atoms with Crippen LogP contribution in [0, 0.1) is 0 Å². The fourth-order valence-electron chi connectivity index (χ4n) is 1.55. The summed E-state index contributed by atoms with van der Waals surface area (Å²) in [6.07, 6.45) is 2.21. The van der Waals surface area contributed by atoms with Crippen LogP contribution in [0.25, 0.3) is 0 Å². The van der Waals surface area contributed by atoms with Gasteiger partial charge in [-0.1, -0.05) is 30.4 Å². The molecular weight excluding hydrogens is 268 g/mol. The molecule has 2 aromatic rings. The molecule has 1 heterocycles. The zero-order chi connectivity index (χ0) is 13.2. The number of nitrogens with zero attached hydrogens (tertiary/aromatic N) is 1. The van der Waals surface area contributed by atoms with Gasteiger partial charge in [0.1, 0.15) is 4.21 Å². The van der Waals surface area contributed by atoms with Crippen LogP contribution in [0.3, 0.4) is 0 Å². The van der Waals surface area contributed by atoms with Crippen molar-refractivity contribution in [3.8, 4) is 0 Å². The molecule has 0 aliphatic rings. The third-order valence-corrected chi connectivity index (χ3v) is 5.81. The average Bonchev–Trinajstić information content (AvgIpc) is 2.88. The second-order valence-electron chi connectivity index (χ2n) is 3.74. The first kappa shape index (κ1) is 13.0. The number of nitrogens with one attached hydrogen (secondary N) is 1. The molecule has 0 aliphatic heterocycles. The van der Waals surface area contributed by atoms with Crippen molar-refractivity contribution in [3.63, 3.8) is 0 Å². The Balaban J connectivity index is 2.47. The van der Waals surface area contributed by atoms with Gasteiger partial charge in [0.25, 0.3) is 0 Å². The first-order valence-electron chi connectivity index (χ1n) is 5.55. The van der Waals surface area contributed by atoms with Crippen molar-refractivity contribution in [2.45, 2.75) is 22.4 Å². The van der Waals surface area contributed by atoms with Gasteiger partial charge in [0.2, 0.25) is 9.84 Å². The summed E-state index contributed by atoms with van der Waals surface area (Å²) in [5.74, 6) is 0. The lowest BCUT2D eigenvalue weighted by molar-refractivity contribution is 0.598. The van der Waals surface area contributed by atoms with Crippen molar-refractivity contribution in [1.82, 2.24) is 4.98 Å². The van der Waals surface area contributed by atoms with E-state index < -0.39 is 9.84 Å². The summed E-state index contributed by atoms with van der Waals surface area (Å²) >= 11 is 1.14. The molecule has 96 valence electrons. The molecule has 0 aliphatic carbocycles. The molecule has 1 N–H and O–H groups in total. The Morgan fingerprint density at radius 1 is 1.39 bits per heavy atom. The van der Waals surface area contributed by atoms with Crippen molar-refractivity contribution in [1.29, 1.82) is 0 Å². The third-order valence-electron chi connectivity index (χ3n) is 2.58. The maximum atomic E-state index is 12.4. The van der Waals surface area contributed by atoms with Gasteiger partial charge in [-0.3, -0.25) is 0 Å². The van der Waals surface area contributed by atoms with E-state index in [1.54, 1.807) is 25.2 Å². The normalized spacial score (nSPS) is 11.4. The minimum absolute atomic E-state index is 0.264. The molecule has 0 spiro atoms. The number of benzene rings is 1. The molecule has 0 saturated heterocycles. The fourth-order valence-corrected chi connectivity index (χ4v) is 4.00. The van der Waals surface area contributed by atoms with Gasteiger partial charge in [-0.15, -0.1) is 0 Å². The highest BCUT2D eigenvalue weighted by Gasteiger charge is 2.20. The van der Waals surface area contributed by atoms with E-state index in [0.717, 1.165) is 23.3 Å². The van der Waals surface area contributed by atoms with E-state index in [2.05, 4.69) is 10.3 Å². The van der Waals surface area contributed by atoms with Gasteiger partial charge in [-0.2, -0.15) is 0 Å². The topological polar surface area (TPSA) is 59.1 Å². The second kappa shape index (κ2) is 5.07. The van der Waals surface area contributed by atoms with Crippen LogP contribution < -0.4 is 5.32 Å². The Bertz CT molecular complexity index is 648. The highest BCUT2D eigenvalue weighted by Crippen LogP contribution is 2.28. The molecule has 1 aromatic carbocycles. The van der Waals surface area contributed by atoms with Crippen molar-refractivity contribution >= 4 is 26.3 Å². The van der Waals surface area contributed by atoms with Crippen molar-refractivity contribution < 1.29 is 8.42 Å². The van der Waals surface area contributed by atoms with E-state index in [1.165, 1.54) is 6.20 Å². The molecule has 2 rings (SSSR count). The summed E-state index contributed by atoms with van der Waals surface area (Å²) in [7, 11) is -1.73. The number of hydrogen-bond acceptors (Lipinski definition) is 5. The predicted molar refractivity (Wildman–Crippen MR) is 72.9 cm³/mol. The lowest BCUT2D eigenvalue weighted by Gasteiger charge is -2.03. The Labute approximate surface area is 111 Å². The SMILES string of the molecule is CCc1cccc(S(=O)(=O)c2cnc(NC)s2)c1. The van der Waals surface area contributed by atoms with Crippen LogP contribution in [0.1, 0.15) is 12.5 Å². The monoisotopic (exact) mass is 282 g/mol. The number of aromatic nitrogens is 1. The molecule has 0 unspecified atom stereocenters. The van der Waals surface area contributed by atoms with Crippen LogP contribution in [0.2, 0.25) is 0 Å². The summed E-state index contributed by atoms with van der Waals surface area (Å²) in [6.45, 7) is 2.00. The summed E-state index contributed by atoms with van der Waals surface area (Å²) in [4.78, 5) is 4.32. The van der Waals surface area contributed by atoms with Gasteiger partial charge >= 0.3 is 0 Å². The maximum Gasteiger partial charge on any atom is 0.217 e. The van der Waals surface area contributed by atoms with E-state index in [0.29, 0.717) is 10.0 Å². The molecule has 0 atom stereocenters. The number of rotatable bonds is 4. The molecular formula is C12H14N2O2S2. The van der Waals surface area contributed by atoms with Gasteiger partial charge < -0.3 is 5.32 Å². The maximum absolute atomic E-state index is 12.4. The van der Waals surface area contributed by atoms with Crippen LogP contribution >= 0.6 is 11.3 Å². The Morgan fingerprint density at radius 3 is 2.78 bits per heavy atom. The minimum atomic E-state index is -3.44. The summed E-state index contributed by atoms with van der Waals surface area (Å²) in [6, 6.07) is 7.03. The second-order valence-corrected chi connectivity index (χ2v) is 6.95. The van der Waals surface area contributed by atoms with Crippen LogP contribution in [-0.2, 0) is 16.3 Å². The summed E-state index contributed by atoms with van der Waals surface area (Å²) in [5, 5.41) is 3.43. The highest BCUT2D eigenvalue weighted by molar-refractivity contribution is 7.93. The third kappa shape index (κ3) is 2.39. The number of aryl methyl sites for hydroxylation is 1. The van der Waals surface area contributed by atoms with Crippen LogP contribution in [-0.4, -0.2) is 20.4 Å². The standard InChI is InChI=1S/C12H14N2O2S2/c1-3-9-5-4-6-10(7-9)18(15,16)11-8-14-12(13-2)17-11/h4-8H,3H2,1-2H3,(H,13,14). The van der Waals surface area contributed by atoms with Gasteiger partial charge in [0, 0.05) is 7.05 Å². The number of hydrogen-bond donors (Lipinski definition) is 1. The Morgan fingerprint density at radius 2 is 2.17 bits per heavy atom. The molecule has 0 bridgehead atoms. The number of sulfone groups is 1. The van der Waals surface area contributed by atoms with E-state index in [9.17, 15) is 8.42 Å². The van der Waals surface area contributed by atoms with Crippen LogP contribution in [0.5, 0.6) is 0 Å². The molecule has 6 heteroatoms. The van der Waals surface area contributed by atoms with Crippen LogP contribution in [0.15, 0.2) is 39.6 Å². The van der Waals surface area contributed by atoms with Gasteiger partial charge in [-0.05, 0) is 24.1 Å². The quantitative estimate of drug-likeness (QED) is 0.936. The van der Waals surface area contributed by atoms with E-state index in [-0.39, 0.29) is 4.21 Å². The molecule has 1 aromatic heterocycles. The van der Waals surface area contributed by atoms with Crippen LogP contribution in [0.4, 0.5) is 5.13 Å². The van der Waals surface area contributed by atoms with E-state index in [1.807, 2.05) is 13.0 Å². The minimum Gasteiger partial charge on any atom is -0.365 e. The van der Waals surface area contributed by atoms with Crippen molar-refractivity contribution in [2.24, 2.45) is 0 Å². The predicted octanol–water partition coefficient (Wildman–Crippen LogP) is 2.58. The Kier molecular flexibility index (Phi) is 3.68. The highest BCUT2D eigenvalue weighted by atomic mass is 32.2. The first-order valence-corrected chi connectivity index (χ1v) is 7.85. The van der Waals surface area contributed by atoms with Gasteiger partial charge in [-0.25, -0.2) is 13.4 Å². The lowest BCUT2D eigenvalue weighted by Crippen LogP contribution is -2.00. The van der Waals surface area contributed by atoms with E-state index in [4.69, 9.17) is 0 Å². The van der Waals surface area contributed by atoms with E-state index >= 15 is 0 Å². The summed E-state index contributed by atoms with van der Waals surface area (Å²) in [5.41, 5.74) is 1.01. The van der Waals surface area contributed by atoms with Crippen molar-refractivity contribution in [2.75, 3.05) is 12.4 Å². The summed E-state index contributed by atoms with van der Waals surface area (Å²) < 4.78 is 25.0. The zero-order valence-corrected chi connectivity index (χ0v) is 11.8. The van der Waals surface area contributed by atoms with Gasteiger partial charge in [0.05, 0.1) is 11.1 Å². The largest absolute Gasteiger partial charge is 0.365 e. The Hall–Kier alpha value is -1.40. The number of anilines is 1. The molecule has 18 heavy (non-hydrogen) atoms. The lowest BCUT2D eigenvalue weighted by atomic mass is 10.2. The van der Waals surface area contributed by atoms with Crippen molar-refractivity contribution in [3.05, 3.63) is 36.0 Å². The average molecular weight is 282 g/mol. The molecule has 0 amide bonds. The molecule has 0 fully saturated rings. The molecule has 0 radical (unpaired) electrons.